The molecule has 0 aliphatic carbocycles. The van der Waals surface area contributed by atoms with Gasteiger partial charge in [-0.15, -0.1) is 0 Å². The van der Waals surface area contributed by atoms with Crippen LogP contribution in [0.1, 0.15) is 20.3 Å². The number of nitrogens with one attached hydrogen (secondary N) is 1. The summed E-state index contributed by atoms with van der Waals surface area (Å²) >= 11 is 9.33. The highest BCUT2D eigenvalue weighted by Gasteiger charge is 1.99. The fourth-order valence-corrected chi connectivity index (χ4v) is 1.54. The molecule has 1 N–H and O–H groups in total. The maximum Gasteiger partial charge on any atom is 0.0568 e. The monoisotopic (exact) mass is 275 g/mol. The number of halogens is 2. The maximum atomic E-state index is 5.97. The van der Waals surface area contributed by atoms with Gasteiger partial charge in [0, 0.05) is 16.7 Å². The Balaban J connectivity index is 2.47. The molecule has 0 fully saturated rings. The number of anilines is 1. The van der Waals surface area contributed by atoms with E-state index < -0.39 is 0 Å². The second kappa shape index (κ2) is 5.62. The van der Waals surface area contributed by atoms with Crippen LogP contribution in [0.2, 0.25) is 5.02 Å². The molecule has 1 rings (SSSR count). The summed E-state index contributed by atoms with van der Waals surface area (Å²) in [6.45, 7) is 5.43. The molecule has 0 aromatic heterocycles. The summed E-state index contributed by atoms with van der Waals surface area (Å²) in [5.74, 6) is 0.730. The number of benzene rings is 1. The molecule has 0 heterocycles. The summed E-state index contributed by atoms with van der Waals surface area (Å²) in [5.41, 5.74) is 1.08. The molecule has 3 heteroatoms. The van der Waals surface area contributed by atoms with Gasteiger partial charge in [-0.05, 0) is 46.5 Å². The molecule has 0 saturated carbocycles. The van der Waals surface area contributed by atoms with Gasteiger partial charge in [0.05, 0.1) is 5.02 Å². The van der Waals surface area contributed by atoms with Crippen molar-refractivity contribution in [1.82, 2.24) is 0 Å². The number of hydrogen-bond acceptors (Lipinski definition) is 1. The first kappa shape index (κ1) is 11.9. The Hall–Kier alpha value is -0.210. The minimum absolute atomic E-state index is 0.730. The van der Waals surface area contributed by atoms with Crippen LogP contribution in [0.25, 0.3) is 0 Å². The van der Waals surface area contributed by atoms with E-state index in [0.29, 0.717) is 0 Å². The highest BCUT2D eigenvalue weighted by atomic mass is 79.9. The molecule has 0 amide bonds. The van der Waals surface area contributed by atoms with E-state index in [2.05, 4.69) is 35.1 Å². The summed E-state index contributed by atoms with van der Waals surface area (Å²) in [4.78, 5) is 0. The van der Waals surface area contributed by atoms with Crippen molar-refractivity contribution in [2.75, 3.05) is 11.9 Å². The van der Waals surface area contributed by atoms with Crippen LogP contribution < -0.4 is 5.32 Å². The van der Waals surface area contributed by atoms with Crippen LogP contribution in [0, 0.1) is 5.92 Å². The van der Waals surface area contributed by atoms with E-state index in [0.717, 1.165) is 27.6 Å². The zero-order valence-corrected chi connectivity index (χ0v) is 10.8. The lowest BCUT2D eigenvalue weighted by Gasteiger charge is -2.08. The van der Waals surface area contributed by atoms with Crippen LogP contribution in [0.5, 0.6) is 0 Å². The fraction of sp³-hybridized carbons (Fsp3) is 0.455. The summed E-state index contributed by atoms with van der Waals surface area (Å²) < 4.78 is 0.938. The molecule has 0 bridgehead atoms. The second-order valence-corrected chi connectivity index (χ2v) is 5.00. The molecule has 0 aliphatic heterocycles. The Kier molecular flexibility index (Phi) is 4.76. The molecular formula is C11H15BrClN. The van der Waals surface area contributed by atoms with Crippen LogP contribution in [-0.2, 0) is 0 Å². The van der Waals surface area contributed by atoms with E-state index in [1.54, 1.807) is 0 Å². The molecule has 14 heavy (non-hydrogen) atoms. The van der Waals surface area contributed by atoms with Crippen molar-refractivity contribution in [2.45, 2.75) is 20.3 Å². The van der Waals surface area contributed by atoms with Crippen LogP contribution >= 0.6 is 27.5 Å². The van der Waals surface area contributed by atoms with E-state index in [1.807, 2.05) is 18.2 Å². The van der Waals surface area contributed by atoms with Crippen molar-refractivity contribution in [3.8, 4) is 0 Å². The molecule has 0 spiro atoms. The second-order valence-electron chi connectivity index (χ2n) is 3.74. The first-order valence-electron chi connectivity index (χ1n) is 4.78. The van der Waals surface area contributed by atoms with Crippen molar-refractivity contribution in [3.63, 3.8) is 0 Å². The average Bonchev–Trinajstić information content (AvgIpc) is 2.10. The molecule has 78 valence electrons. The standard InChI is InChI=1S/C11H15BrClN/c1-8(2)5-6-14-9-3-4-10(12)11(13)7-9/h3-4,7-8,14H,5-6H2,1-2H3. The van der Waals surface area contributed by atoms with Gasteiger partial charge in [0.15, 0.2) is 0 Å². The zero-order chi connectivity index (χ0) is 10.6. The summed E-state index contributed by atoms with van der Waals surface area (Å²) in [6, 6.07) is 5.92. The topological polar surface area (TPSA) is 12.0 Å². The largest absolute Gasteiger partial charge is 0.385 e. The predicted octanol–water partition coefficient (Wildman–Crippen LogP) is 4.56. The van der Waals surface area contributed by atoms with Crippen LogP contribution in [-0.4, -0.2) is 6.54 Å². The normalized spacial score (nSPS) is 10.6. The van der Waals surface area contributed by atoms with Gasteiger partial charge in [0.25, 0.3) is 0 Å². The Morgan fingerprint density at radius 1 is 1.43 bits per heavy atom. The lowest BCUT2D eigenvalue weighted by molar-refractivity contribution is 0.607. The van der Waals surface area contributed by atoms with E-state index in [9.17, 15) is 0 Å². The van der Waals surface area contributed by atoms with E-state index >= 15 is 0 Å². The smallest absolute Gasteiger partial charge is 0.0568 e. The van der Waals surface area contributed by atoms with E-state index in [-0.39, 0.29) is 0 Å². The van der Waals surface area contributed by atoms with Gasteiger partial charge in [-0.2, -0.15) is 0 Å². The molecule has 0 aliphatic rings. The Morgan fingerprint density at radius 3 is 2.71 bits per heavy atom. The third-order valence-corrected chi connectivity index (χ3v) is 3.20. The van der Waals surface area contributed by atoms with Crippen LogP contribution in [0.4, 0.5) is 5.69 Å². The van der Waals surface area contributed by atoms with Crippen LogP contribution in [0.15, 0.2) is 22.7 Å². The van der Waals surface area contributed by atoms with Crippen molar-refractivity contribution >= 4 is 33.2 Å². The van der Waals surface area contributed by atoms with Crippen molar-refractivity contribution < 1.29 is 0 Å². The fourth-order valence-electron chi connectivity index (χ4n) is 1.11. The SMILES string of the molecule is CC(C)CCNc1ccc(Br)c(Cl)c1. The average molecular weight is 277 g/mol. The molecule has 1 aromatic rings. The summed E-state index contributed by atoms with van der Waals surface area (Å²) in [6.07, 6.45) is 1.17. The quantitative estimate of drug-likeness (QED) is 0.850. The molecule has 0 radical (unpaired) electrons. The molecule has 0 atom stereocenters. The lowest BCUT2D eigenvalue weighted by Crippen LogP contribution is -2.04. The van der Waals surface area contributed by atoms with Gasteiger partial charge in [-0.25, -0.2) is 0 Å². The predicted molar refractivity (Wildman–Crippen MR) is 67.1 cm³/mol. The molecular weight excluding hydrogens is 261 g/mol. The first-order valence-corrected chi connectivity index (χ1v) is 5.95. The van der Waals surface area contributed by atoms with Crippen LogP contribution in [0.3, 0.4) is 0 Å². The Labute approximate surface area is 99.0 Å². The van der Waals surface area contributed by atoms with Gasteiger partial charge < -0.3 is 5.32 Å². The molecule has 0 saturated heterocycles. The summed E-state index contributed by atoms with van der Waals surface area (Å²) in [7, 11) is 0. The molecule has 1 aromatic carbocycles. The summed E-state index contributed by atoms with van der Waals surface area (Å²) in [5, 5.41) is 4.09. The van der Waals surface area contributed by atoms with Crippen molar-refractivity contribution in [3.05, 3.63) is 27.7 Å². The van der Waals surface area contributed by atoms with E-state index in [1.165, 1.54) is 6.42 Å². The van der Waals surface area contributed by atoms with Crippen molar-refractivity contribution in [1.29, 1.82) is 0 Å². The third kappa shape index (κ3) is 3.89. The number of hydrogen-bond donors (Lipinski definition) is 1. The van der Waals surface area contributed by atoms with Gasteiger partial charge in [-0.1, -0.05) is 25.4 Å². The molecule has 1 nitrogen and oxygen atoms in total. The van der Waals surface area contributed by atoms with Crippen molar-refractivity contribution in [2.24, 2.45) is 5.92 Å². The number of rotatable bonds is 4. The Bertz CT molecular complexity index is 299. The lowest BCUT2D eigenvalue weighted by atomic mass is 10.1. The zero-order valence-electron chi connectivity index (χ0n) is 8.48. The first-order chi connectivity index (χ1) is 6.59. The highest BCUT2D eigenvalue weighted by Crippen LogP contribution is 2.25. The van der Waals surface area contributed by atoms with Gasteiger partial charge >= 0.3 is 0 Å². The van der Waals surface area contributed by atoms with E-state index in [4.69, 9.17) is 11.6 Å². The van der Waals surface area contributed by atoms with Gasteiger partial charge in [0.2, 0.25) is 0 Å². The minimum atomic E-state index is 0.730. The van der Waals surface area contributed by atoms with Gasteiger partial charge in [0.1, 0.15) is 0 Å². The maximum absolute atomic E-state index is 5.97. The Morgan fingerprint density at radius 2 is 2.14 bits per heavy atom. The molecule has 0 unspecified atom stereocenters. The third-order valence-electron chi connectivity index (χ3n) is 1.97. The highest BCUT2D eigenvalue weighted by molar-refractivity contribution is 9.10. The minimum Gasteiger partial charge on any atom is -0.385 e. The van der Waals surface area contributed by atoms with Gasteiger partial charge in [-0.3, -0.25) is 0 Å².